The van der Waals surface area contributed by atoms with Crippen molar-refractivity contribution in [2.24, 2.45) is 4.99 Å². The molecule has 1 aliphatic heterocycles. The molecule has 0 unspecified atom stereocenters. The third-order valence-electron chi connectivity index (χ3n) is 6.08. The van der Waals surface area contributed by atoms with Crippen LogP contribution in [0.25, 0.3) is 6.08 Å². The minimum Gasteiger partial charge on any atom is -0.507 e. The molecule has 38 heavy (non-hydrogen) atoms. The summed E-state index contributed by atoms with van der Waals surface area (Å²) >= 11 is 7.30. The zero-order valence-electron chi connectivity index (χ0n) is 20.6. The molecule has 1 atom stereocenters. The lowest BCUT2D eigenvalue weighted by Crippen LogP contribution is -2.40. The summed E-state index contributed by atoms with van der Waals surface area (Å²) < 4.78 is 7.48. The third-order valence-corrected chi connectivity index (χ3v) is 7.30. The van der Waals surface area contributed by atoms with Gasteiger partial charge in [0.15, 0.2) is 4.80 Å². The topological polar surface area (TPSA) is 92.9 Å². The molecule has 0 saturated carbocycles. The van der Waals surface area contributed by atoms with E-state index in [2.05, 4.69) is 10.3 Å². The van der Waals surface area contributed by atoms with E-state index in [4.69, 9.17) is 16.3 Å². The fourth-order valence-electron chi connectivity index (χ4n) is 4.34. The van der Waals surface area contributed by atoms with Crippen molar-refractivity contribution in [2.45, 2.75) is 19.9 Å². The molecule has 0 spiro atoms. The second-order valence-electron chi connectivity index (χ2n) is 8.61. The van der Waals surface area contributed by atoms with Crippen molar-refractivity contribution in [2.75, 3.05) is 11.9 Å². The maximum Gasteiger partial charge on any atom is 0.271 e. The Hall–Kier alpha value is -4.14. The first-order chi connectivity index (χ1) is 18.4. The van der Waals surface area contributed by atoms with Crippen LogP contribution in [0, 0.1) is 0 Å². The van der Waals surface area contributed by atoms with Crippen LogP contribution in [0.1, 0.15) is 31.0 Å². The van der Waals surface area contributed by atoms with E-state index in [1.807, 2.05) is 49.4 Å². The molecule has 4 aromatic rings. The molecule has 0 fully saturated rings. The molecule has 0 saturated heterocycles. The molecule has 9 heteroatoms. The standard InChI is InChI=1S/C29H24ClN3O4S/c1-3-37-22-12-9-18(10-13-22)26-25(27(35)32-21-7-5-4-6-8-21)17(2)31-29-33(26)28(36)24(38-29)16-19-15-20(30)11-14-23(19)34/h4-16,26,34H,3H2,1-2H3,(H,32,35)/b24-16-/t26-/m1/s1. The SMILES string of the molecule is CCOc1ccc([C@@H]2C(C(=O)Nc3ccccc3)=C(C)N=c3s/c(=C\c4cc(Cl)ccc4O)c(=O)n32)cc1. The summed E-state index contributed by atoms with van der Waals surface area (Å²) in [5, 5.41) is 13.7. The number of para-hydroxylation sites is 1. The molecule has 3 aromatic carbocycles. The Balaban J connectivity index is 1.67. The summed E-state index contributed by atoms with van der Waals surface area (Å²) in [4.78, 5) is 32.5. The summed E-state index contributed by atoms with van der Waals surface area (Å²) in [7, 11) is 0. The molecule has 2 N–H and O–H groups in total. The van der Waals surface area contributed by atoms with Gasteiger partial charge in [-0.15, -0.1) is 0 Å². The molecule has 0 bridgehead atoms. The summed E-state index contributed by atoms with van der Waals surface area (Å²) in [6.07, 6.45) is 1.59. The van der Waals surface area contributed by atoms with Gasteiger partial charge >= 0.3 is 0 Å². The largest absolute Gasteiger partial charge is 0.507 e. The molecule has 0 radical (unpaired) electrons. The predicted molar refractivity (Wildman–Crippen MR) is 150 cm³/mol. The quantitative estimate of drug-likeness (QED) is 0.369. The molecule has 2 heterocycles. The van der Waals surface area contributed by atoms with Crippen LogP contribution < -0.4 is 24.9 Å². The van der Waals surface area contributed by atoms with E-state index in [0.717, 1.165) is 5.56 Å². The van der Waals surface area contributed by atoms with Gasteiger partial charge in [-0.2, -0.15) is 0 Å². The van der Waals surface area contributed by atoms with Gasteiger partial charge in [-0.1, -0.05) is 53.3 Å². The van der Waals surface area contributed by atoms with Gasteiger partial charge in [0.1, 0.15) is 11.5 Å². The van der Waals surface area contributed by atoms with Gasteiger partial charge in [-0.05, 0) is 68.0 Å². The van der Waals surface area contributed by atoms with E-state index >= 15 is 0 Å². The van der Waals surface area contributed by atoms with E-state index in [9.17, 15) is 14.7 Å². The Morgan fingerprint density at radius 3 is 2.61 bits per heavy atom. The molecule has 1 aliphatic rings. The number of amides is 1. The minimum atomic E-state index is -0.722. The zero-order valence-corrected chi connectivity index (χ0v) is 22.2. The zero-order chi connectivity index (χ0) is 26.8. The number of phenolic OH excluding ortho intramolecular Hbond substituents is 1. The van der Waals surface area contributed by atoms with E-state index in [-0.39, 0.29) is 17.2 Å². The Kier molecular flexibility index (Phi) is 7.18. The molecular formula is C29H24ClN3O4S. The lowest BCUT2D eigenvalue weighted by atomic mass is 9.95. The number of aromatic hydroxyl groups is 1. The van der Waals surface area contributed by atoms with Crippen molar-refractivity contribution >= 4 is 40.6 Å². The highest BCUT2D eigenvalue weighted by atomic mass is 35.5. The number of phenols is 1. The van der Waals surface area contributed by atoms with Gasteiger partial charge in [0.05, 0.1) is 28.5 Å². The van der Waals surface area contributed by atoms with Gasteiger partial charge in [-0.25, -0.2) is 4.99 Å². The molecule has 1 aromatic heterocycles. The number of fused-ring (bicyclic) bond motifs is 1. The first kappa shape index (κ1) is 25.5. The number of anilines is 1. The number of thiazole rings is 1. The number of nitrogens with zero attached hydrogens (tertiary/aromatic N) is 2. The highest BCUT2D eigenvalue weighted by Gasteiger charge is 2.32. The van der Waals surface area contributed by atoms with Crippen LogP contribution >= 0.6 is 22.9 Å². The number of rotatable bonds is 6. The summed E-state index contributed by atoms with van der Waals surface area (Å²) in [5.41, 5.74) is 2.33. The van der Waals surface area contributed by atoms with Crippen LogP contribution in [0.2, 0.25) is 5.02 Å². The second kappa shape index (κ2) is 10.7. The van der Waals surface area contributed by atoms with Crippen molar-refractivity contribution in [3.63, 3.8) is 0 Å². The van der Waals surface area contributed by atoms with Gasteiger partial charge in [0.2, 0.25) is 0 Å². The first-order valence-corrected chi connectivity index (χ1v) is 13.2. The normalized spacial score (nSPS) is 15.1. The summed E-state index contributed by atoms with van der Waals surface area (Å²) in [6, 6.07) is 20.4. The van der Waals surface area contributed by atoms with E-state index in [1.165, 1.54) is 22.0 Å². The average Bonchev–Trinajstić information content (AvgIpc) is 3.21. The Bertz CT molecular complexity index is 1720. The maximum absolute atomic E-state index is 13.8. The molecular weight excluding hydrogens is 522 g/mol. The number of hydrogen-bond donors (Lipinski definition) is 2. The van der Waals surface area contributed by atoms with Gasteiger partial charge in [-0.3, -0.25) is 14.2 Å². The number of nitrogens with one attached hydrogen (secondary N) is 1. The van der Waals surface area contributed by atoms with Crippen molar-refractivity contribution in [3.05, 3.63) is 120 Å². The van der Waals surface area contributed by atoms with Crippen molar-refractivity contribution in [1.29, 1.82) is 0 Å². The van der Waals surface area contributed by atoms with Crippen molar-refractivity contribution in [3.8, 4) is 11.5 Å². The van der Waals surface area contributed by atoms with Gasteiger partial charge < -0.3 is 15.2 Å². The van der Waals surface area contributed by atoms with E-state index in [0.29, 0.717) is 49.2 Å². The van der Waals surface area contributed by atoms with Crippen LogP contribution in [0.3, 0.4) is 0 Å². The number of hydrogen-bond acceptors (Lipinski definition) is 6. The first-order valence-electron chi connectivity index (χ1n) is 12.0. The number of carbonyl (C=O) groups is 1. The number of carbonyl (C=O) groups excluding carboxylic acids is 1. The molecule has 192 valence electrons. The number of aromatic nitrogens is 1. The van der Waals surface area contributed by atoms with Crippen LogP contribution in [0.5, 0.6) is 11.5 Å². The second-order valence-corrected chi connectivity index (χ2v) is 10.1. The van der Waals surface area contributed by atoms with Crippen molar-refractivity contribution in [1.82, 2.24) is 4.57 Å². The Labute approximate surface area is 227 Å². The smallest absolute Gasteiger partial charge is 0.271 e. The number of benzene rings is 3. The Morgan fingerprint density at radius 2 is 1.89 bits per heavy atom. The molecule has 1 amide bonds. The fourth-order valence-corrected chi connectivity index (χ4v) is 5.56. The Morgan fingerprint density at radius 1 is 1.16 bits per heavy atom. The lowest BCUT2D eigenvalue weighted by molar-refractivity contribution is -0.113. The molecule has 0 aliphatic carbocycles. The van der Waals surface area contributed by atoms with Gasteiger partial charge in [0.25, 0.3) is 11.5 Å². The average molecular weight is 546 g/mol. The van der Waals surface area contributed by atoms with E-state index < -0.39 is 6.04 Å². The number of halogens is 1. The predicted octanol–water partition coefficient (Wildman–Crippen LogP) is 4.63. The van der Waals surface area contributed by atoms with Crippen LogP contribution in [-0.4, -0.2) is 22.2 Å². The highest BCUT2D eigenvalue weighted by molar-refractivity contribution is 7.07. The fraction of sp³-hybridized carbons (Fsp3) is 0.138. The van der Waals surface area contributed by atoms with Gasteiger partial charge in [0, 0.05) is 16.3 Å². The highest BCUT2D eigenvalue weighted by Crippen LogP contribution is 2.32. The van der Waals surface area contributed by atoms with Crippen LogP contribution in [0.15, 0.2) is 93.9 Å². The van der Waals surface area contributed by atoms with Crippen LogP contribution in [0.4, 0.5) is 5.69 Å². The van der Waals surface area contributed by atoms with Crippen molar-refractivity contribution < 1.29 is 14.6 Å². The molecule has 5 rings (SSSR count). The lowest BCUT2D eigenvalue weighted by Gasteiger charge is -2.25. The molecule has 7 nitrogen and oxygen atoms in total. The third kappa shape index (κ3) is 5.01. The maximum atomic E-state index is 13.8. The minimum absolute atomic E-state index is 0.00223. The monoisotopic (exact) mass is 545 g/mol. The number of ether oxygens (including phenoxy) is 1. The summed E-state index contributed by atoms with van der Waals surface area (Å²) in [6.45, 7) is 4.19. The van der Waals surface area contributed by atoms with Crippen LogP contribution in [-0.2, 0) is 4.79 Å². The number of allylic oxidation sites excluding steroid dienone is 1. The van der Waals surface area contributed by atoms with E-state index in [1.54, 1.807) is 37.3 Å². The summed E-state index contributed by atoms with van der Waals surface area (Å²) in [5.74, 6) is 0.344.